The lowest BCUT2D eigenvalue weighted by molar-refractivity contribution is -0.619. The number of esters is 2. The Hall–Kier alpha value is -4.31. The molecule has 188 valence electrons. The first-order chi connectivity index (χ1) is 17.1. The Morgan fingerprint density at radius 1 is 1.00 bits per heavy atom. The van der Waals surface area contributed by atoms with Gasteiger partial charge in [0.1, 0.15) is 17.7 Å². The minimum Gasteiger partial charge on any atom is -0.618 e. The van der Waals surface area contributed by atoms with E-state index < -0.39 is 16.9 Å². The summed E-state index contributed by atoms with van der Waals surface area (Å²) in [5.74, 6) is -1.67. The van der Waals surface area contributed by atoms with Crippen molar-refractivity contribution < 1.29 is 28.7 Å². The average molecular weight is 494 g/mol. The molecule has 1 heterocycles. The quantitative estimate of drug-likeness (QED) is 0.146. The van der Waals surface area contributed by atoms with E-state index in [0.29, 0.717) is 17.8 Å². The largest absolute Gasteiger partial charge is 0.618 e. The van der Waals surface area contributed by atoms with Crippen molar-refractivity contribution in [1.82, 2.24) is 4.90 Å². The van der Waals surface area contributed by atoms with Crippen molar-refractivity contribution in [2.45, 2.75) is 20.4 Å². The second-order valence-electron chi connectivity index (χ2n) is 8.25. The van der Waals surface area contributed by atoms with E-state index in [-0.39, 0.29) is 45.9 Å². The maximum absolute atomic E-state index is 13.3. The lowest BCUT2D eigenvalue weighted by atomic mass is 9.92. The van der Waals surface area contributed by atoms with E-state index in [9.17, 15) is 24.9 Å². The highest BCUT2D eigenvalue weighted by Gasteiger charge is 2.33. The van der Waals surface area contributed by atoms with E-state index in [0.717, 1.165) is 12.7 Å². The number of non-ortho nitro benzene ring substituents is 1. The Morgan fingerprint density at radius 2 is 1.64 bits per heavy atom. The first-order valence-electron chi connectivity index (χ1n) is 11.1. The standard InChI is InChI=1S/C26H27N3O7/c1-17-22(25(30)35-4)24(20-11-8-12-21(15-20)29(33)34)23(18(2)28(17)32)26(31)36-14-13-27(3)16-19-9-6-5-7-10-19/h5-12,15H,13-14,16H2,1-4H3. The molecule has 2 aromatic carbocycles. The summed E-state index contributed by atoms with van der Waals surface area (Å²) in [6.07, 6.45) is 0. The van der Waals surface area contributed by atoms with Gasteiger partial charge >= 0.3 is 11.9 Å². The molecule has 0 unspecified atom stereocenters. The normalized spacial score (nSPS) is 10.8. The topological polar surface area (TPSA) is 126 Å². The summed E-state index contributed by atoms with van der Waals surface area (Å²) in [5.41, 5.74) is 0.821. The van der Waals surface area contributed by atoms with Crippen LogP contribution in [0.5, 0.6) is 0 Å². The van der Waals surface area contributed by atoms with Crippen molar-refractivity contribution in [3.8, 4) is 11.1 Å². The molecule has 0 saturated carbocycles. The monoisotopic (exact) mass is 493 g/mol. The van der Waals surface area contributed by atoms with E-state index >= 15 is 0 Å². The van der Waals surface area contributed by atoms with Crippen LogP contribution in [0.15, 0.2) is 54.6 Å². The van der Waals surface area contributed by atoms with Crippen LogP contribution in [-0.4, -0.2) is 49.1 Å². The van der Waals surface area contributed by atoms with Crippen molar-refractivity contribution in [3.05, 3.63) is 98.0 Å². The second-order valence-corrected chi connectivity index (χ2v) is 8.25. The lowest BCUT2D eigenvalue weighted by Gasteiger charge is -2.19. The van der Waals surface area contributed by atoms with Gasteiger partial charge in [0.05, 0.1) is 12.0 Å². The van der Waals surface area contributed by atoms with Gasteiger partial charge in [-0.15, -0.1) is 0 Å². The Morgan fingerprint density at radius 3 is 2.25 bits per heavy atom. The van der Waals surface area contributed by atoms with Gasteiger partial charge in [-0.2, -0.15) is 4.73 Å². The van der Waals surface area contributed by atoms with Gasteiger partial charge in [0.25, 0.3) is 5.69 Å². The summed E-state index contributed by atoms with van der Waals surface area (Å²) in [5, 5.41) is 24.2. The maximum Gasteiger partial charge on any atom is 0.345 e. The van der Waals surface area contributed by atoms with Gasteiger partial charge in [-0.25, -0.2) is 9.59 Å². The van der Waals surface area contributed by atoms with Crippen molar-refractivity contribution >= 4 is 17.6 Å². The zero-order valence-electron chi connectivity index (χ0n) is 20.5. The number of methoxy groups -OCH3 is 1. The SMILES string of the molecule is COC(=O)c1c(-c2cccc([N+](=O)[O-])c2)c(C(=O)OCCN(C)Cc2ccccc2)c(C)[n+]([O-])c1C. The molecule has 0 aliphatic carbocycles. The Kier molecular flexibility index (Phi) is 8.34. The molecule has 0 N–H and O–H groups in total. The number of nitrogens with zero attached hydrogens (tertiary/aromatic N) is 3. The van der Waals surface area contributed by atoms with E-state index in [4.69, 9.17) is 9.47 Å². The third kappa shape index (κ3) is 5.66. The zero-order chi connectivity index (χ0) is 26.4. The fraction of sp³-hybridized carbons (Fsp3) is 0.269. The number of carbonyl (C=O) groups is 2. The molecule has 0 aliphatic heterocycles. The summed E-state index contributed by atoms with van der Waals surface area (Å²) in [6.45, 7) is 3.93. The van der Waals surface area contributed by atoms with Gasteiger partial charge < -0.3 is 14.7 Å². The van der Waals surface area contributed by atoms with Crippen LogP contribution in [0.2, 0.25) is 0 Å². The van der Waals surface area contributed by atoms with Gasteiger partial charge in [0, 0.05) is 44.6 Å². The highest BCUT2D eigenvalue weighted by Crippen LogP contribution is 2.33. The fourth-order valence-corrected chi connectivity index (χ4v) is 3.95. The predicted octanol–water partition coefficient (Wildman–Crippen LogP) is 3.59. The molecule has 0 spiro atoms. The molecule has 1 aromatic heterocycles. The number of pyridine rings is 1. The van der Waals surface area contributed by atoms with Crippen LogP contribution >= 0.6 is 0 Å². The number of ether oxygens (including phenoxy) is 2. The van der Waals surface area contributed by atoms with Crippen LogP contribution in [0.1, 0.15) is 37.7 Å². The van der Waals surface area contributed by atoms with E-state index in [2.05, 4.69) is 0 Å². The van der Waals surface area contributed by atoms with Crippen LogP contribution in [0.25, 0.3) is 11.1 Å². The molecule has 0 fully saturated rings. The van der Waals surface area contributed by atoms with Crippen molar-refractivity contribution in [2.24, 2.45) is 0 Å². The Balaban J connectivity index is 1.99. The Labute approximate surface area is 208 Å². The van der Waals surface area contributed by atoms with Gasteiger partial charge in [-0.3, -0.25) is 15.0 Å². The van der Waals surface area contributed by atoms with E-state index in [1.54, 1.807) is 0 Å². The summed E-state index contributed by atoms with van der Waals surface area (Å²) in [7, 11) is 3.03. The molecule has 0 radical (unpaired) electrons. The van der Waals surface area contributed by atoms with Crippen LogP contribution in [-0.2, 0) is 16.0 Å². The minimum absolute atomic E-state index is 0.000000516. The molecule has 0 aliphatic rings. The molecular weight excluding hydrogens is 466 g/mol. The fourth-order valence-electron chi connectivity index (χ4n) is 3.95. The van der Waals surface area contributed by atoms with Gasteiger partial charge in [0.15, 0.2) is 0 Å². The first-order valence-corrected chi connectivity index (χ1v) is 11.1. The van der Waals surface area contributed by atoms with Crippen molar-refractivity contribution in [1.29, 1.82) is 0 Å². The molecule has 36 heavy (non-hydrogen) atoms. The summed E-state index contributed by atoms with van der Waals surface area (Å²) >= 11 is 0. The number of likely N-dealkylation sites (N-methyl/N-ethyl adjacent to an activating group) is 1. The smallest absolute Gasteiger partial charge is 0.345 e. The number of aromatic nitrogens is 1. The van der Waals surface area contributed by atoms with Crippen LogP contribution in [0, 0.1) is 29.2 Å². The molecule has 10 nitrogen and oxygen atoms in total. The molecular formula is C26H27N3O7. The molecule has 0 atom stereocenters. The average Bonchev–Trinajstić information content (AvgIpc) is 2.87. The van der Waals surface area contributed by atoms with Crippen LogP contribution in [0.3, 0.4) is 0 Å². The molecule has 0 amide bonds. The molecule has 3 aromatic rings. The number of nitro groups is 1. The molecule has 0 saturated heterocycles. The third-order valence-electron chi connectivity index (χ3n) is 5.77. The summed E-state index contributed by atoms with van der Waals surface area (Å²) in [6, 6.07) is 15.3. The van der Waals surface area contributed by atoms with Crippen molar-refractivity contribution in [2.75, 3.05) is 27.3 Å². The maximum atomic E-state index is 13.3. The highest BCUT2D eigenvalue weighted by molar-refractivity contribution is 6.06. The minimum atomic E-state index is -0.852. The summed E-state index contributed by atoms with van der Waals surface area (Å²) < 4.78 is 10.8. The third-order valence-corrected chi connectivity index (χ3v) is 5.77. The predicted molar refractivity (Wildman–Crippen MR) is 131 cm³/mol. The molecule has 10 heteroatoms. The Bertz CT molecular complexity index is 1290. The number of benzene rings is 2. The second kappa shape index (κ2) is 11.4. The van der Waals surface area contributed by atoms with Gasteiger partial charge in [-0.05, 0) is 18.2 Å². The molecule has 0 bridgehead atoms. The number of hydrogen-bond acceptors (Lipinski definition) is 8. The number of rotatable bonds is 9. The lowest BCUT2D eigenvalue weighted by Crippen LogP contribution is -2.39. The number of hydrogen-bond donors (Lipinski definition) is 0. The van der Waals surface area contributed by atoms with E-state index in [1.807, 2.05) is 42.3 Å². The molecule has 3 rings (SSSR count). The number of nitro benzene ring substituents is 1. The van der Waals surface area contributed by atoms with Crippen molar-refractivity contribution in [3.63, 3.8) is 0 Å². The highest BCUT2D eigenvalue weighted by atomic mass is 16.6. The van der Waals surface area contributed by atoms with Gasteiger partial charge in [-0.1, -0.05) is 42.5 Å². The van der Waals surface area contributed by atoms with Gasteiger partial charge in [0.2, 0.25) is 11.4 Å². The van der Waals surface area contributed by atoms with Crippen LogP contribution in [0.4, 0.5) is 5.69 Å². The number of carbonyl (C=O) groups excluding carboxylic acids is 2. The van der Waals surface area contributed by atoms with E-state index in [1.165, 1.54) is 38.1 Å². The summed E-state index contributed by atoms with van der Waals surface area (Å²) in [4.78, 5) is 38.7. The zero-order valence-corrected chi connectivity index (χ0v) is 20.5. The van der Waals surface area contributed by atoms with Crippen LogP contribution < -0.4 is 4.73 Å². The first kappa shape index (κ1) is 26.3.